The molecule has 1 aliphatic carbocycles. The normalized spacial score (nSPS) is 18.5. The van der Waals surface area contributed by atoms with Gasteiger partial charge in [-0.3, -0.25) is 19.3 Å². The second kappa shape index (κ2) is 4.87. The molecule has 1 heterocycles. The highest BCUT2D eigenvalue weighted by Crippen LogP contribution is 2.25. The Morgan fingerprint density at radius 1 is 1.24 bits per heavy atom. The Bertz CT molecular complexity index is 637. The Hall–Kier alpha value is -2.37. The van der Waals surface area contributed by atoms with Crippen LogP contribution in [0.25, 0.3) is 0 Å². The van der Waals surface area contributed by atoms with Crippen molar-refractivity contribution in [2.45, 2.75) is 31.8 Å². The van der Waals surface area contributed by atoms with Gasteiger partial charge in [0, 0.05) is 18.8 Å². The summed E-state index contributed by atoms with van der Waals surface area (Å²) >= 11 is 0. The van der Waals surface area contributed by atoms with Crippen LogP contribution < -0.4 is 10.6 Å². The first kappa shape index (κ1) is 13.6. The van der Waals surface area contributed by atoms with Crippen molar-refractivity contribution in [2.75, 3.05) is 12.4 Å². The summed E-state index contributed by atoms with van der Waals surface area (Å²) in [5, 5.41) is 5.98. The van der Waals surface area contributed by atoms with Gasteiger partial charge in [0.15, 0.2) is 0 Å². The molecule has 1 unspecified atom stereocenters. The van der Waals surface area contributed by atoms with Crippen molar-refractivity contribution in [3.05, 3.63) is 29.3 Å². The number of hydrogen-bond acceptors (Lipinski definition) is 4. The lowest BCUT2D eigenvalue weighted by molar-refractivity contribution is -0.121. The molecule has 21 heavy (non-hydrogen) atoms. The van der Waals surface area contributed by atoms with Gasteiger partial charge in [-0.2, -0.15) is 0 Å². The topological polar surface area (TPSA) is 78.5 Å². The van der Waals surface area contributed by atoms with Crippen molar-refractivity contribution < 1.29 is 14.4 Å². The molecule has 0 spiro atoms. The average Bonchev–Trinajstić information content (AvgIpc) is 3.25. The van der Waals surface area contributed by atoms with E-state index in [-0.39, 0.29) is 17.7 Å². The molecule has 1 fully saturated rings. The predicted molar refractivity (Wildman–Crippen MR) is 77.1 cm³/mol. The van der Waals surface area contributed by atoms with Crippen LogP contribution in [0.5, 0.6) is 0 Å². The second-order valence-electron chi connectivity index (χ2n) is 5.58. The fourth-order valence-corrected chi connectivity index (χ4v) is 2.32. The van der Waals surface area contributed by atoms with Crippen molar-refractivity contribution in [3.8, 4) is 0 Å². The number of imide groups is 1. The third kappa shape index (κ3) is 2.49. The number of hydrogen-bond donors (Lipinski definition) is 2. The minimum Gasteiger partial charge on any atom is -0.374 e. The van der Waals surface area contributed by atoms with Gasteiger partial charge in [0.05, 0.1) is 11.1 Å². The Labute approximate surface area is 122 Å². The van der Waals surface area contributed by atoms with E-state index in [0.29, 0.717) is 22.9 Å². The zero-order valence-corrected chi connectivity index (χ0v) is 12.0. The lowest BCUT2D eigenvalue weighted by Gasteiger charge is -2.15. The average molecular weight is 287 g/mol. The van der Waals surface area contributed by atoms with E-state index in [1.54, 1.807) is 25.1 Å². The molecule has 1 aliphatic heterocycles. The maximum absolute atomic E-state index is 11.9. The van der Waals surface area contributed by atoms with E-state index in [1.165, 1.54) is 7.05 Å². The van der Waals surface area contributed by atoms with Crippen molar-refractivity contribution in [2.24, 2.45) is 0 Å². The van der Waals surface area contributed by atoms with Gasteiger partial charge in [0.1, 0.15) is 6.04 Å². The lowest BCUT2D eigenvalue weighted by atomic mass is 10.1. The van der Waals surface area contributed by atoms with Gasteiger partial charge >= 0.3 is 0 Å². The monoisotopic (exact) mass is 287 g/mol. The van der Waals surface area contributed by atoms with Gasteiger partial charge in [-0.25, -0.2) is 0 Å². The molecule has 1 saturated carbocycles. The van der Waals surface area contributed by atoms with Crippen LogP contribution >= 0.6 is 0 Å². The first-order chi connectivity index (χ1) is 9.97. The van der Waals surface area contributed by atoms with E-state index in [0.717, 1.165) is 17.7 Å². The van der Waals surface area contributed by atoms with Crippen LogP contribution in [-0.4, -0.2) is 41.8 Å². The number of nitrogens with zero attached hydrogens (tertiary/aromatic N) is 1. The van der Waals surface area contributed by atoms with Gasteiger partial charge in [0.2, 0.25) is 5.91 Å². The number of carbonyl (C=O) groups excluding carboxylic acids is 3. The van der Waals surface area contributed by atoms with Crippen LogP contribution in [0.2, 0.25) is 0 Å². The number of anilines is 1. The molecule has 3 amide bonds. The quantitative estimate of drug-likeness (QED) is 0.810. The Morgan fingerprint density at radius 2 is 1.90 bits per heavy atom. The molecule has 3 rings (SSSR count). The third-order valence-electron chi connectivity index (χ3n) is 3.79. The largest absolute Gasteiger partial charge is 0.374 e. The number of carbonyl (C=O) groups is 3. The lowest BCUT2D eigenvalue weighted by Crippen LogP contribution is -2.38. The summed E-state index contributed by atoms with van der Waals surface area (Å²) in [7, 11) is 1.46. The first-order valence-corrected chi connectivity index (χ1v) is 7.00. The van der Waals surface area contributed by atoms with E-state index in [4.69, 9.17) is 0 Å². The summed E-state index contributed by atoms with van der Waals surface area (Å²) in [6, 6.07) is 4.87. The van der Waals surface area contributed by atoms with Crippen molar-refractivity contribution in [1.29, 1.82) is 0 Å². The molecule has 0 bridgehead atoms. The Balaban J connectivity index is 1.74. The first-order valence-electron chi connectivity index (χ1n) is 7.00. The van der Waals surface area contributed by atoms with E-state index < -0.39 is 6.04 Å². The minimum absolute atomic E-state index is 0.0579. The van der Waals surface area contributed by atoms with Crippen molar-refractivity contribution in [3.63, 3.8) is 0 Å². The fraction of sp³-hybridized carbons (Fsp3) is 0.400. The van der Waals surface area contributed by atoms with Gasteiger partial charge in [-0.05, 0) is 38.0 Å². The molecule has 110 valence electrons. The molecule has 1 aromatic carbocycles. The smallest absolute Gasteiger partial charge is 0.261 e. The Kier molecular flexibility index (Phi) is 3.16. The molecule has 0 saturated heterocycles. The predicted octanol–water partition coefficient (Wildman–Crippen LogP) is 0.991. The third-order valence-corrected chi connectivity index (χ3v) is 3.79. The van der Waals surface area contributed by atoms with Gasteiger partial charge < -0.3 is 10.6 Å². The highest BCUT2D eigenvalue weighted by atomic mass is 16.2. The van der Waals surface area contributed by atoms with Crippen molar-refractivity contribution in [1.82, 2.24) is 10.2 Å². The Morgan fingerprint density at radius 3 is 2.57 bits per heavy atom. The highest BCUT2D eigenvalue weighted by Gasteiger charge is 2.33. The maximum atomic E-state index is 11.9. The number of rotatable bonds is 4. The molecule has 0 radical (unpaired) electrons. The van der Waals surface area contributed by atoms with Crippen LogP contribution in [0.4, 0.5) is 5.69 Å². The van der Waals surface area contributed by atoms with E-state index >= 15 is 0 Å². The molecule has 2 N–H and O–H groups in total. The van der Waals surface area contributed by atoms with Gasteiger partial charge in [0.25, 0.3) is 11.8 Å². The van der Waals surface area contributed by atoms with E-state index in [2.05, 4.69) is 10.6 Å². The van der Waals surface area contributed by atoms with Gasteiger partial charge in [-0.1, -0.05) is 0 Å². The van der Waals surface area contributed by atoms with Crippen LogP contribution in [0.15, 0.2) is 18.2 Å². The highest BCUT2D eigenvalue weighted by molar-refractivity contribution is 6.21. The number of amides is 3. The molecule has 6 heteroatoms. The minimum atomic E-state index is -0.395. The van der Waals surface area contributed by atoms with Crippen molar-refractivity contribution >= 4 is 23.4 Å². The van der Waals surface area contributed by atoms with Crippen LogP contribution in [-0.2, 0) is 4.79 Å². The molecular formula is C15H17N3O3. The summed E-state index contributed by atoms with van der Waals surface area (Å²) in [6.45, 7) is 1.77. The molecule has 1 atom stereocenters. The zero-order chi connectivity index (χ0) is 15.1. The van der Waals surface area contributed by atoms with Crippen LogP contribution in [0.1, 0.15) is 40.5 Å². The fourth-order valence-electron chi connectivity index (χ4n) is 2.32. The molecule has 1 aromatic rings. The van der Waals surface area contributed by atoms with Crippen LogP contribution in [0, 0.1) is 0 Å². The summed E-state index contributed by atoms with van der Waals surface area (Å²) in [4.78, 5) is 36.7. The molecule has 0 aromatic heterocycles. The molecule has 6 nitrogen and oxygen atoms in total. The number of fused-ring (bicyclic) bond motifs is 1. The molecular weight excluding hydrogens is 270 g/mol. The van der Waals surface area contributed by atoms with E-state index in [9.17, 15) is 14.4 Å². The SMILES string of the molecule is CC(Nc1ccc2c(c1)C(=O)N(C)C2=O)C(=O)NC1CC1. The maximum Gasteiger partial charge on any atom is 0.261 e. The summed E-state index contributed by atoms with van der Waals surface area (Å²) in [5.41, 5.74) is 1.44. The summed E-state index contributed by atoms with van der Waals surface area (Å²) in [5.74, 6) is -0.660. The van der Waals surface area contributed by atoms with Gasteiger partial charge in [-0.15, -0.1) is 0 Å². The standard InChI is InChI=1S/C15H17N3O3/c1-8(13(19)17-9-3-4-9)16-10-5-6-11-12(7-10)15(21)18(2)14(11)20/h5-9,16H,3-4H2,1-2H3,(H,17,19). The summed E-state index contributed by atoms with van der Waals surface area (Å²) < 4.78 is 0. The zero-order valence-electron chi connectivity index (χ0n) is 12.0. The van der Waals surface area contributed by atoms with Crippen LogP contribution in [0.3, 0.4) is 0 Å². The second-order valence-corrected chi connectivity index (χ2v) is 5.58. The molecule has 2 aliphatic rings. The number of benzene rings is 1. The number of nitrogens with one attached hydrogen (secondary N) is 2. The van der Waals surface area contributed by atoms with E-state index in [1.807, 2.05) is 0 Å². The summed E-state index contributed by atoms with van der Waals surface area (Å²) in [6.07, 6.45) is 2.08.